The van der Waals surface area contributed by atoms with E-state index in [1.54, 1.807) is 24.3 Å². The fourth-order valence-corrected chi connectivity index (χ4v) is 1.92. The van der Waals surface area contributed by atoms with E-state index in [9.17, 15) is 9.90 Å². The van der Waals surface area contributed by atoms with Crippen LogP contribution >= 0.6 is 11.6 Å². The summed E-state index contributed by atoms with van der Waals surface area (Å²) in [6, 6.07) is 11.1. The van der Waals surface area contributed by atoms with Crippen molar-refractivity contribution in [3.8, 4) is 17.6 Å². The Morgan fingerprint density at radius 3 is 2.76 bits per heavy atom. The number of hydrogen-bond donors (Lipinski definition) is 3. The highest BCUT2D eigenvalue weighted by atomic mass is 35.5. The summed E-state index contributed by atoms with van der Waals surface area (Å²) in [4.78, 5) is 12.2. The molecule has 5 heteroatoms. The van der Waals surface area contributed by atoms with Crippen molar-refractivity contribution >= 4 is 23.2 Å². The number of carbonyl (C=O) groups is 1. The van der Waals surface area contributed by atoms with Gasteiger partial charge in [0.1, 0.15) is 12.4 Å². The minimum Gasteiger partial charge on any atom is -0.508 e. The highest BCUT2D eigenvalue weighted by Gasteiger charge is 2.12. The number of rotatable bonds is 2. The van der Waals surface area contributed by atoms with E-state index in [0.29, 0.717) is 11.3 Å². The zero-order chi connectivity index (χ0) is 15.2. The van der Waals surface area contributed by atoms with Gasteiger partial charge in [-0.05, 0) is 30.3 Å². The van der Waals surface area contributed by atoms with Crippen LogP contribution in [0.2, 0.25) is 5.02 Å². The van der Waals surface area contributed by atoms with Crippen molar-refractivity contribution in [1.82, 2.24) is 0 Å². The summed E-state index contributed by atoms with van der Waals surface area (Å²) >= 11 is 5.95. The Labute approximate surface area is 127 Å². The van der Waals surface area contributed by atoms with Gasteiger partial charge >= 0.3 is 0 Å². The molecule has 0 aliphatic rings. The maximum absolute atomic E-state index is 12.2. The SMILES string of the molecule is O=C(Nc1ccccc1C#CCO)c1cc(O)ccc1Cl. The smallest absolute Gasteiger partial charge is 0.257 e. The van der Waals surface area contributed by atoms with Crippen molar-refractivity contribution in [3.05, 3.63) is 58.6 Å². The van der Waals surface area contributed by atoms with Crippen LogP contribution in [-0.2, 0) is 0 Å². The van der Waals surface area contributed by atoms with Crippen LogP contribution in [-0.4, -0.2) is 22.7 Å². The van der Waals surface area contributed by atoms with Gasteiger partial charge in [0.15, 0.2) is 0 Å². The van der Waals surface area contributed by atoms with Gasteiger partial charge in [-0.2, -0.15) is 0 Å². The molecule has 0 fully saturated rings. The van der Waals surface area contributed by atoms with Gasteiger partial charge in [-0.25, -0.2) is 0 Å². The number of para-hydroxylation sites is 1. The van der Waals surface area contributed by atoms with Gasteiger partial charge in [0.05, 0.1) is 16.3 Å². The number of phenols is 1. The molecule has 0 atom stereocenters. The van der Waals surface area contributed by atoms with Gasteiger partial charge in [-0.15, -0.1) is 0 Å². The average molecular weight is 302 g/mol. The number of nitrogens with one attached hydrogen (secondary N) is 1. The number of carbonyl (C=O) groups excluding carboxylic acids is 1. The number of aliphatic hydroxyl groups is 1. The van der Waals surface area contributed by atoms with Crippen molar-refractivity contribution in [2.75, 3.05) is 11.9 Å². The highest BCUT2D eigenvalue weighted by Crippen LogP contribution is 2.23. The fourth-order valence-electron chi connectivity index (χ4n) is 1.71. The van der Waals surface area contributed by atoms with Gasteiger partial charge in [-0.1, -0.05) is 35.6 Å². The zero-order valence-electron chi connectivity index (χ0n) is 10.9. The number of aromatic hydroxyl groups is 1. The largest absolute Gasteiger partial charge is 0.508 e. The van der Waals surface area contributed by atoms with E-state index in [1.165, 1.54) is 18.2 Å². The molecule has 3 N–H and O–H groups in total. The summed E-state index contributed by atoms with van der Waals surface area (Å²) in [7, 11) is 0. The third-order valence-corrected chi connectivity index (χ3v) is 3.00. The number of aliphatic hydroxyl groups excluding tert-OH is 1. The molecule has 0 aliphatic carbocycles. The predicted molar refractivity (Wildman–Crippen MR) is 81.5 cm³/mol. The molecule has 0 saturated heterocycles. The summed E-state index contributed by atoms with van der Waals surface area (Å²) in [5.74, 6) is 4.78. The molecular formula is C16H12ClNO3. The van der Waals surface area contributed by atoms with Gasteiger partial charge in [0.25, 0.3) is 5.91 Å². The topological polar surface area (TPSA) is 69.6 Å². The first-order chi connectivity index (χ1) is 10.1. The van der Waals surface area contributed by atoms with E-state index >= 15 is 0 Å². The molecule has 106 valence electrons. The Morgan fingerprint density at radius 2 is 2.00 bits per heavy atom. The number of benzene rings is 2. The van der Waals surface area contributed by atoms with Crippen molar-refractivity contribution in [1.29, 1.82) is 0 Å². The summed E-state index contributed by atoms with van der Waals surface area (Å²) < 4.78 is 0. The molecule has 2 aromatic carbocycles. The molecule has 2 rings (SSSR count). The Bertz CT molecular complexity index is 732. The summed E-state index contributed by atoms with van der Waals surface area (Å²) in [6.45, 7) is -0.263. The minimum atomic E-state index is -0.450. The summed E-state index contributed by atoms with van der Waals surface area (Å²) in [5, 5.41) is 21.1. The molecule has 21 heavy (non-hydrogen) atoms. The van der Waals surface area contributed by atoms with Crippen molar-refractivity contribution in [2.45, 2.75) is 0 Å². The Hall–Kier alpha value is -2.48. The van der Waals surface area contributed by atoms with Crippen molar-refractivity contribution in [2.24, 2.45) is 0 Å². The van der Waals surface area contributed by atoms with E-state index < -0.39 is 5.91 Å². The number of anilines is 1. The van der Waals surface area contributed by atoms with Crippen LogP contribution in [0.3, 0.4) is 0 Å². The maximum Gasteiger partial charge on any atom is 0.257 e. The van der Waals surface area contributed by atoms with Crippen LogP contribution in [0.4, 0.5) is 5.69 Å². The lowest BCUT2D eigenvalue weighted by Gasteiger charge is -2.09. The number of hydrogen-bond acceptors (Lipinski definition) is 3. The van der Waals surface area contributed by atoms with Gasteiger partial charge in [0.2, 0.25) is 0 Å². The molecule has 0 unspecified atom stereocenters. The molecule has 0 heterocycles. The molecule has 0 saturated carbocycles. The Balaban J connectivity index is 2.30. The van der Waals surface area contributed by atoms with E-state index in [4.69, 9.17) is 16.7 Å². The van der Waals surface area contributed by atoms with Crippen molar-refractivity contribution < 1.29 is 15.0 Å². The zero-order valence-corrected chi connectivity index (χ0v) is 11.7. The fraction of sp³-hybridized carbons (Fsp3) is 0.0625. The van der Waals surface area contributed by atoms with Gasteiger partial charge in [0, 0.05) is 5.56 Å². The monoisotopic (exact) mass is 301 g/mol. The van der Waals surface area contributed by atoms with Crippen LogP contribution in [0.15, 0.2) is 42.5 Å². The predicted octanol–water partition coefficient (Wildman–Crippen LogP) is 2.64. The average Bonchev–Trinajstić information content (AvgIpc) is 2.48. The number of phenolic OH excluding ortho intramolecular Hbond substituents is 1. The third-order valence-electron chi connectivity index (χ3n) is 2.67. The van der Waals surface area contributed by atoms with Crippen LogP contribution < -0.4 is 5.32 Å². The highest BCUT2D eigenvalue weighted by molar-refractivity contribution is 6.34. The first-order valence-electron chi connectivity index (χ1n) is 6.10. The molecular weight excluding hydrogens is 290 g/mol. The Kier molecular flexibility index (Phi) is 4.83. The minimum absolute atomic E-state index is 0.0436. The molecule has 4 nitrogen and oxygen atoms in total. The van der Waals surface area contributed by atoms with Crippen molar-refractivity contribution in [3.63, 3.8) is 0 Å². The van der Waals surface area contributed by atoms with E-state index in [-0.39, 0.29) is 22.9 Å². The summed E-state index contributed by atoms with van der Waals surface area (Å²) in [6.07, 6.45) is 0. The molecule has 0 spiro atoms. The number of halogens is 1. The molecule has 0 radical (unpaired) electrons. The second-order valence-corrected chi connectivity index (χ2v) is 4.53. The van der Waals surface area contributed by atoms with Crippen LogP contribution in [0, 0.1) is 11.8 Å². The van der Waals surface area contributed by atoms with E-state index in [0.717, 1.165) is 0 Å². The van der Waals surface area contributed by atoms with Gasteiger partial charge in [-0.3, -0.25) is 4.79 Å². The molecule has 1 amide bonds. The van der Waals surface area contributed by atoms with Gasteiger partial charge < -0.3 is 15.5 Å². The third kappa shape index (κ3) is 3.76. The number of amides is 1. The Morgan fingerprint density at radius 1 is 1.24 bits per heavy atom. The van der Waals surface area contributed by atoms with Crippen LogP contribution in [0.1, 0.15) is 15.9 Å². The first kappa shape index (κ1) is 14.9. The standard InChI is InChI=1S/C16H12ClNO3/c17-14-8-7-12(20)10-13(14)16(21)18-15-6-2-1-4-11(15)5-3-9-19/h1-2,4,6-8,10,19-20H,9H2,(H,18,21). The second kappa shape index (κ2) is 6.80. The maximum atomic E-state index is 12.2. The lowest BCUT2D eigenvalue weighted by Crippen LogP contribution is -2.13. The van der Waals surface area contributed by atoms with E-state index in [2.05, 4.69) is 17.2 Å². The molecule has 2 aromatic rings. The normalized spacial score (nSPS) is 9.62. The molecule has 0 bridgehead atoms. The quantitative estimate of drug-likeness (QED) is 0.747. The summed E-state index contributed by atoms with van der Waals surface area (Å²) in [5.41, 5.74) is 1.25. The van der Waals surface area contributed by atoms with Crippen LogP contribution in [0.5, 0.6) is 5.75 Å². The molecule has 0 aromatic heterocycles. The van der Waals surface area contributed by atoms with E-state index in [1.807, 2.05) is 0 Å². The lowest BCUT2D eigenvalue weighted by atomic mass is 10.1. The van der Waals surface area contributed by atoms with Crippen LogP contribution in [0.25, 0.3) is 0 Å². The first-order valence-corrected chi connectivity index (χ1v) is 6.48. The second-order valence-electron chi connectivity index (χ2n) is 4.12. The lowest BCUT2D eigenvalue weighted by molar-refractivity contribution is 0.102. The molecule has 0 aliphatic heterocycles.